The molecule has 166 valence electrons. The minimum Gasteiger partial charge on any atom is -0.325 e. The first-order valence-corrected chi connectivity index (χ1v) is 10.0. The van der Waals surface area contributed by atoms with Gasteiger partial charge < -0.3 is 14.5 Å². The summed E-state index contributed by atoms with van der Waals surface area (Å²) >= 11 is 0. The third-order valence-electron chi connectivity index (χ3n) is 4.97. The molecule has 0 radical (unpaired) electrons. The molecule has 0 aliphatic heterocycles. The number of amides is 2. The van der Waals surface area contributed by atoms with E-state index in [9.17, 15) is 18.8 Å². The van der Waals surface area contributed by atoms with Crippen molar-refractivity contribution in [2.45, 2.75) is 6.54 Å². The molecule has 0 aliphatic carbocycles. The Balaban J connectivity index is 1.47. The first-order valence-electron chi connectivity index (χ1n) is 10.0. The number of pyridine rings is 1. The van der Waals surface area contributed by atoms with Crippen molar-refractivity contribution in [1.29, 1.82) is 0 Å². The van der Waals surface area contributed by atoms with E-state index < -0.39 is 23.2 Å². The second-order valence-electron chi connectivity index (χ2n) is 7.29. The van der Waals surface area contributed by atoms with Crippen LogP contribution in [-0.4, -0.2) is 25.9 Å². The summed E-state index contributed by atoms with van der Waals surface area (Å²) in [6.07, 6.45) is 2.97. The molecule has 0 atom stereocenters. The van der Waals surface area contributed by atoms with Crippen LogP contribution < -0.4 is 16.2 Å². The Labute approximate surface area is 188 Å². The van der Waals surface area contributed by atoms with Gasteiger partial charge in [-0.15, -0.1) is 0 Å². The lowest BCUT2D eigenvalue weighted by atomic mass is 10.2. The quantitative estimate of drug-likeness (QED) is 0.476. The zero-order chi connectivity index (χ0) is 23.4. The predicted octanol–water partition coefficient (Wildman–Crippen LogP) is 3.28. The molecule has 0 spiro atoms. The number of carbonyl (C=O) groups excluding carboxylic acids is 2. The smallest absolute Gasteiger partial charge is 0.259 e. The molecule has 0 bridgehead atoms. The maximum Gasteiger partial charge on any atom is 0.259 e. The molecule has 0 unspecified atom stereocenters. The van der Waals surface area contributed by atoms with Crippen LogP contribution in [0.25, 0.3) is 11.3 Å². The Hall–Kier alpha value is -4.53. The van der Waals surface area contributed by atoms with Gasteiger partial charge in [-0.3, -0.25) is 19.7 Å². The molecule has 8 nitrogen and oxygen atoms in total. The summed E-state index contributed by atoms with van der Waals surface area (Å²) in [7, 11) is 1.78. The average molecular weight is 445 g/mol. The lowest BCUT2D eigenvalue weighted by Gasteiger charge is -2.10. The minimum atomic E-state index is -0.488. The highest BCUT2D eigenvalue weighted by molar-refractivity contribution is 6.03. The van der Waals surface area contributed by atoms with E-state index in [1.165, 1.54) is 42.6 Å². The first-order chi connectivity index (χ1) is 15.9. The van der Waals surface area contributed by atoms with Crippen LogP contribution in [0.1, 0.15) is 10.4 Å². The number of hydrogen-bond donors (Lipinski definition) is 2. The van der Waals surface area contributed by atoms with E-state index in [2.05, 4.69) is 15.6 Å². The van der Waals surface area contributed by atoms with Crippen LogP contribution in [0.5, 0.6) is 0 Å². The van der Waals surface area contributed by atoms with Gasteiger partial charge in [-0.05, 0) is 35.9 Å². The number of carbonyl (C=O) groups is 2. The predicted molar refractivity (Wildman–Crippen MR) is 122 cm³/mol. The van der Waals surface area contributed by atoms with Crippen molar-refractivity contribution in [1.82, 2.24) is 14.1 Å². The molecular weight excluding hydrogens is 425 g/mol. The van der Waals surface area contributed by atoms with Gasteiger partial charge in [0, 0.05) is 25.0 Å². The monoisotopic (exact) mass is 445 g/mol. The summed E-state index contributed by atoms with van der Waals surface area (Å²) in [5.41, 5.74) is 1.92. The maximum atomic E-state index is 13.0. The Morgan fingerprint density at radius 1 is 0.970 bits per heavy atom. The lowest BCUT2D eigenvalue weighted by Crippen LogP contribution is -2.28. The van der Waals surface area contributed by atoms with Crippen molar-refractivity contribution in [3.8, 4) is 11.3 Å². The highest BCUT2D eigenvalue weighted by Gasteiger charge is 2.14. The van der Waals surface area contributed by atoms with E-state index in [1.54, 1.807) is 17.8 Å². The molecule has 0 fully saturated rings. The third-order valence-corrected chi connectivity index (χ3v) is 4.97. The van der Waals surface area contributed by atoms with Crippen LogP contribution in [0.2, 0.25) is 0 Å². The number of nitrogens with zero attached hydrogens (tertiary/aromatic N) is 3. The van der Waals surface area contributed by atoms with Crippen molar-refractivity contribution >= 4 is 23.5 Å². The molecule has 4 aromatic rings. The normalized spacial score (nSPS) is 10.6. The van der Waals surface area contributed by atoms with Gasteiger partial charge in [0.1, 0.15) is 12.4 Å². The van der Waals surface area contributed by atoms with Gasteiger partial charge in [0.05, 0.1) is 17.5 Å². The van der Waals surface area contributed by atoms with E-state index in [1.807, 2.05) is 30.3 Å². The fraction of sp³-hybridized carbons (Fsp3) is 0.0833. The molecule has 2 aromatic heterocycles. The van der Waals surface area contributed by atoms with Crippen LogP contribution in [0.15, 0.2) is 83.9 Å². The Morgan fingerprint density at radius 3 is 2.42 bits per heavy atom. The van der Waals surface area contributed by atoms with E-state index in [0.29, 0.717) is 11.6 Å². The van der Waals surface area contributed by atoms with Gasteiger partial charge in [0.25, 0.3) is 11.5 Å². The van der Waals surface area contributed by atoms with Gasteiger partial charge in [-0.1, -0.05) is 30.3 Å². The molecule has 0 saturated heterocycles. The number of benzene rings is 2. The van der Waals surface area contributed by atoms with Gasteiger partial charge in [0.15, 0.2) is 0 Å². The molecule has 0 saturated carbocycles. The zero-order valence-corrected chi connectivity index (χ0v) is 17.7. The van der Waals surface area contributed by atoms with Gasteiger partial charge >= 0.3 is 0 Å². The summed E-state index contributed by atoms with van der Waals surface area (Å²) in [6.45, 7) is -0.308. The number of halogens is 1. The second kappa shape index (κ2) is 9.31. The van der Waals surface area contributed by atoms with Crippen LogP contribution in [0.4, 0.5) is 16.0 Å². The van der Waals surface area contributed by atoms with E-state index >= 15 is 0 Å². The van der Waals surface area contributed by atoms with Crippen LogP contribution in [0, 0.1) is 5.82 Å². The number of rotatable bonds is 6. The zero-order valence-electron chi connectivity index (χ0n) is 17.7. The highest BCUT2D eigenvalue weighted by Crippen LogP contribution is 2.21. The molecule has 2 aromatic carbocycles. The SMILES string of the molecule is Cn1c(-c2ccccc2)cnc1NC(=O)c1ccc(=O)n(CC(=O)Nc2ccc(F)cc2)c1. The van der Waals surface area contributed by atoms with Crippen molar-refractivity contribution < 1.29 is 14.0 Å². The Bertz CT molecular complexity index is 1360. The van der Waals surface area contributed by atoms with Crippen LogP contribution >= 0.6 is 0 Å². The fourth-order valence-corrected chi connectivity index (χ4v) is 3.25. The first kappa shape index (κ1) is 21.7. The topological polar surface area (TPSA) is 98.0 Å². The molecule has 9 heteroatoms. The Morgan fingerprint density at radius 2 is 1.70 bits per heavy atom. The standard InChI is InChI=1S/C24H20FN5O3/c1-29-20(16-5-3-2-4-6-16)13-26-24(29)28-23(33)17-7-12-22(32)30(14-17)15-21(31)27-19-10-8-18(25)9-11-19/h2-14H,15H2,1H3,(H,27,31)(H,26,28,33). The number of nitrogens with one attached hydrogen (secondary N) is 2. The van der Waals surface area contributed by atoms with Gasteiger partial charge in [-0.2, -0.15) is 0 Å². The minimum absolute atomic E-state index is 0.188. The summed E-state index contributed by atoms with van der Waals surface area (Å²) in [6, 6.07) is 17.5. The molecular formula is C24H20FN5O3. The van der Waals surface area contributed by atoms with E-state index in [4.69, 9.17) is 0 Å². The summed E-state index contributed by atoms with van der Waals surface area (Å²) < 4.78 is 15.9. The van der Waals surface area contributed by atoms with Crippen molar-refractivity contribution in [2.75, 3.05) is 10.6 Å². The largest absolute Gasteiger partial charge is 0.325 e. The van der Waals surface area contributed by atoms with Crippen molar-refractivity contribution in [3.63, 3.8) is 0 Å². The van der Waals surface area contributed by atoms with Crippen molar-refractivity contribution in [2.24, 2.45) is 7.05 Å². The third kappa shape index (κ3) is 5.04. The van der Waals surface area contributed by atoms with Crippen LogP contribution in [0.3, 0.4) is 0 Å². The number of aromatic nitrogens is 3. The number of anilines is 2. The average Bonchev–Trinajstić information content (AvgIpc) is 3.17. The fourth-order valence-electron chi connectivity index (χ4n) is 3.25. The highest BCUT2D eigenvalue weighted by atomic mass is 19.1. The molecule has 0 aliphatic rings. The number of imidazole rings is 1. The van der Waals surface area contributed by atoms with Crippen molar-refractivity contribution in [3.05, 3.63) is 101 Å². The van der Waals surface area contributed by atoms with E-state index in [-0.39, 0.29) is 12.1 Å². The van der Waals surface area contributed by atoms with Gasteiger partial charge in [-0.25, -0.2) is 9.37 Å². The summed E-state index contributed by atoms with van der Waals surface area (Å²) in [4.78, 5) is 41.5. The summed E-state index contributed by atoms with van der Waals surface area (Å²) in [5.74, 6) is -1.05. The number of hydrogen-bond acceptors (Lipinski definition) is 4. The summed E-state index contributed by atoms with van der Waals surface area (Å²) in [5, 5.41) is 5.30. The van der Waals surface area contributed by atoms with E-state index in [0.717, 1.165) is 15.8 Å². The molecule has 2 N–H and O–H groups in total. The van der Waals surface area contributed by atoms with Crippen LogP contribution in [-0.2, 0) is 18.4 Å². The molecule has 2 heterocycles. The maximum absolute atomic E-state index is 13.0. The van der Waals surface area contributed by atoms with Gasteiger partial charge in [0.2, 0.25) is 11.9 Å². The molecule has 2 amide bonds. The second-order valence-corrected chi connectivity index (χ2v) is 7.29. The molecule has 4 rings (SSSR count). The Kier molecular flexibility index (Phi) is 6.12. The lowest BCUT2D eigenvalue weighted by molar-refractivity contribution is -0.116. The molecule has 33 heavy (non-hydrogen) atoms.